The van der Waals surface area contributed by atoms with Crippen molar-refractivity contribution in [1.82, 2.24) is 4.90 Å². The van der Waals surface area contributed by atoms with Crippen molar-refractivity contribution >= 4 is 23.5 Å². The number of carboxylic acids is 1. The zero-order valence-electron chi connectivity index (χ0n) is 15.5. The third-order valence-corrected chi connectivity index (χ3v) is 6.23. The van der Waals surface area contributed by atoms with Gasteiger partial charge in [-0.05, 0) is 54.2 Å². The Bertz CT molecular complexity index is 921. The second-order valence-electron chi connectivity index (χ2n) is 7.44. The number of benzene rings is 2. The summed E-state index contributed by atoms with van der Waals surface area (Å²) in [5.41, 5.74) is 2.42. The van der Waals surface area contributed by atoms with Crippen molar-refractivity contribution in [3.63, 3.8) is 0 Å². The van der Waals surface area contributed by atoms with Gasteiger partial charge in [-0.25, -0.2) is 4.79 Å². The van der Waals surface area contributed by atoms with Gasteiger partial charge in [0.15, 0.2) is 0 Å². The van der Waals surface area contributed by atoms with Crippen LogP contribution in [0.1, 0.15) is 39.9 Å². The molecular formula is C22H22ClNO4. The van der Waals surface area contributed by atoms with Crippen molar-refractivity contribution in [3.05, 3.63) is 69.7 Å². The summed E-state index contributed by atoms with van der Waals surface area (Å²) in [6, 6.07) is 12.7. The summed E-state index contributed by atoms with van der Waals surface area (Å²) in [4.78, 5) is 26.9. The molecular weight excluding hydrogens is 378 g/mol. The number of carbonyl (C=O) groups excluding carboxylic acids is 1. The van der Waals surface area contributed by atoms with Crippen LogP contribution in [0, 0.1) is 0 Å². The minimum Gasteiger partial charge on any atom is -0.478 e. The average molecular weight is 400 g/mol. The second kappa shape index (κ2) is 7.57. The summed E-state index contributed by atoms with van der Waals surface area (Å²) in [5.74, 6) is -0.904. The molecule has 0 unspecified atom stereocenters. The zero-order valence-corrected chi connectivity index (χ0v) is 16.2. The van der Waals surface area contributed by atoms with E-state index in [1.165, 1.54) is 0 Å². The van der Waals surface area contributed by atoms with Crippen molar-refractivity contribution < 1.29 is 19.4 Å². The highest BCUT2D eigenvalue weighted by Crippen LogP contribution is 2.41. The third kappa shape index (κ3) is 3.29. The number of carbonyl (C=O) groups is 2. The lowest BCUT2D eigenvalue weighted by atomic mass is 9.72. The van der Waals surface area contributed by atoms with Crippen molar-refractivity contribution in [2.75, 3.05) is 19.8 Å². The van der Waals surface area contributed by atoms with E-state index in [0.717, 1.165) is 23.1 Å². The van der Waals surface area contributed by atoms with Gasteiger partial charge in [0.05, 0.1) is 11.0 Å². The molecule has 0 aromatic heterocycles. The first-order valence-electron chi connectivity index (χ1n) is 9.48. The quantitative estimate of drug-likeness (QED) is 0.855. The minimum atomic E-state index is -0.955. The first-order chi connectivity index (χ1) is 13.5. The number of aromatic carboxylic acids is 1. The molecule has 1 amide bonds. The molecule has 0 spiro atoms. The number of hydrogen-bond acceptors (Lipinski definition) is 3. The first kappa shape index (κ1) is 19.0. The van der Waals surface area contributed by atoms with Crippen molar-refractivity contribution in [2.24, 2.45) is 0 Å². The molecule has 0 aliphatic carbocycles. The van der Waals surface area contributed by atoms with Gasteiger partial charge in [0.25, 0.3) is 0 Å². The smallest absolute Gasteiger partial charge is 0.335 e. The highest BCUT2D eigenvalue weighted by atomic mass is 35.5. The summed E-state index contributed by atoms with van der Waals surface area (Å²) in [6.45, 7) is 2.07. The molecule has 4 rings (SSSR count). The third-order valence-electron chi connectivity index (χ3n) is 5.90. The molecule has 2 aromatic carbocycles. The number of ether oxygens (including phenoxy) is 1. The normalized spacial score (nSPS) is 18.4. The van der Waals surface area contributed by atoms with E-state index in [-0.39, 0.29) is 11.5 Å². The van der Waals surface area contributed by atoms with Gasteiger partial charge in [-0.2, -0.15) is 0 Å². The Morgan fingerprint density at radius 2 is 1.82 bits per heavy atom. The fourth-order valence-electron chi connectivity index (χ4n) is 4.33. The Labute approximate surface area is 168 Å². The van der Waals surface area contributed by atoms with E-state index in [1.807, 2.05) is 35.2 Å². The molecule has 2 aromatic rings. The molecule has 1 saturated heterocycles. The van der Waals surface area contributed by atoms with Crippen LogP contribution in [0.15, 0.2) is 42.5 Å². The van der Waals surface area contributed by atoms with Crippen LogP contribution in [0.5, 0.6) is 0 Å². The van der Waals surface area contributed by atoms with Gasteiger partial charge in [0.1, 0.15) is 0 Å². The number of nitrogens with zero attached hydrogens (tertiary/aromatic N) is 1. The Morgan fingerprint density at radius 1 is 1.07 bits per heavy atom. The molecule has 0 atom stereocenters. The van der Waals surface area contributed by atoms with Crippen LogP contribution in [0.25, 0.3) is 0 Å². The minimum absolute atomic E-state index is 0.0512. The molecule has 1 N–H and O–H groups in total. The SMILES string of the molecule is O=C(O)c1ccc2c(c1)CN(C(=O)C1(c3ccccc3Cl)CCOCC1)CC2. The van der Waals surface area contributed by atoms with E-state index >= 15 is 0 Å². The maximum atomic E-state index is 13.8. The molecule has 0 radical (unpaired) electrons. The number of fused-ring (bicyclic) bond motifs is 1. The lowest BCUT2D eigenvalue weighted by Gasteiger charge is -2.42. The fourth-order valence-corrected chi connectivity index (χ4v) is 4.65. The van der Waals surface area contributed by atoms with Crippen LogP contribution in [0.2, 0.25) is 5.02 Å². The number of carboxylic acid groups (broad SMARTS) is 1. The molecule has 0 bridgehead atoms. The van der Waals surface area contributed by atoms with E-state index in [0.29, 0.717) is 44.2 Å². The Morgan fingerprint density at radius 3 is 2.54 bits per heavy atom. The van der Waals surface area contributed by atoms with Crippen LogP contribution >= 0.6 is 11.6 Å². The van der Waals surface area contributed by atoms with Crippen LogP contribution in [0.4, 0.5) is 0 Å². The zero-order chi connectivity index (χ0) is 19.7. The Hall–Kier alpha value is -2.37. The van der Waals surface area contributed by atoms with Gasteiger partial charge in [0.2, 0.25) is 5.91 Å². The van der Waals surface area contributed by atoms with E-state index in [4.69, 9.17) is 16.3 Å². The lowest BCUT2D eigenvalue weighted by Crippen LogP contribution is -2.51. The molecule has 6 heteroatoms. The maximum Gasteiger partial charge on any atom is 0.335 e. The van der Waals surface area contributed by atoms with Gasteiger partial charge < -0.3 is 14.7 Å². The number of halogens is 1. The van der Waals surface area contributed by atoms with Gasteiger partial charge in [-0.15, -0.1) is 0 Å². The number of hydrogen-bond donors (Lipinski definition) is 1. The molecule has 2 aliphatic rings. The summed E-state index contributed by atoms with van der Waals surface area (Å²) >= 11 is 6.49. The van der Waals surface area contributed by atoms with E-state index in [2.05, 4.69) is 0 Å². The Kier molecular flexibility index (Phi) is 5.13. The van der Waals surface area contributed by atoms with Crippen molar-refractivity contribution in [1.29, 1.82) is 0 Å². The number of rotatable bonds is 3. The van der Waals surface area contributed by atoms with Crippen LogP contribution in [-0.2, 0) is 27.9 Å². The van der Waals surface area contributed by atoms with Gasteiger partial charge in [-0.1, -0.05) is 35.9 Å². The molecule has 146 valence electrons. The lowest BCUT2D eigenvalue weighted by molar-refractivity contribution is -0.142. The molecule has 1 fully saturated rings. The molecule has 28 heavy (non-hydrogen) atoms. The van der Waals surface area contributed by atoms with Crippen LogP contribution < -0.4 is 0 Å². The number of amides is 1. The summed E-state index contributed by atoms with van der Waals surface area (Å²) in [6.07, 6.45) is 1.90. The second-order valence-corrected chi connectivity index (χ2v) is 7.85. The summed E-state index contributed by atoms with van der Waals surface area (Å²) in [7, 11) is 0. The van der Waals surface area contributed by atoms with E-state index in [9.17, 15) is 14.7 Å². The van der Waals surface area contributed by atoms with E-state index in [1.54, 1.807) is 12.1 Å². The van der Waals surface area contributed by atoms with Crippen LogP contribution in [-0.4, -0.2) is 41.6 Å². The molecule has 2 aliphatic heterocycles. The fraction of sp³-hybridized carbons (Fsp3) is 0.364. The predicted molar refractivity (Wildman–Crippen MR) is 106 cm³/mol. The van der Waals surface area contributed by atoms with E-state index < -0.39 is 11.4 Å². The molecule has 0 saturated carbocycles. The average Bonchev–Trinajstić information content (AvgIpc) is 2.73. The largest absolute Gasteiger partial charge is 0.478 e. The van der Waals surface area contributed by atoms with Gasteiger partial charge >= 0.3 is 5.97 Å². The van der Waals surface area contributed by atoms with Gasteiger partial charge in [-0.3, -0.25) is 4.79 Å². The topological polar surface area (TPSA) is 66.8 Å². The maximum absolute atomic E-state index is 13.8. The van der Waals surface area contributed by atoms with Crippen molar-refractivity contribution in [3.8, 4) is 0 Å². The molecule has 2 heterocycles. The molecule has 5 nitrogen and oxygen atoms in total. The standard InChI is InChI=1S/C22H22ClNO4/c23-19-4-2-1-3-18(19)22(8-11-28-12-9-22)21(27)24-10-7-15-5-6-16(20(25)26)13-17(15)14-24/h1-6,13H,7-12,14H2,(H,25,26). The summed E-state index contributed by atoms with van der Waals surface area (Å²) < 4.78 is 5.54. The van der Waals surface area contributed by atoms with Crippen LogP contribution in [0.3, 0.4) is 0 Å². The predicted octanol–water partition coefficient (Wildman–Crippen LogP) is 3.67. The van der Waals surface area contributed by atoms with Gasteiger partial charge in [0, 0.05) is 31.3 Å². The summed E-state index contributed by atoms with van der Waals surface area (Å²) in [5, 5.41) is 9.88. The highest BCUT2D eigenvalue weighted by molar-refractivity contribution is 6.31. The Balaban J connectivity index is 1.68. The first-order valence-corrected chi connectivity index (χ1v) is 9.86. The highest BCUT2D eigenvalue weighted by Gasteiger charge is 2.45. The monoisotopic (exact) mass is 399 g/mol. The van der Waals surface area contributed by atoms with Crippen molar-refractivity contribution in [2.45, 2.75) is 31.2 Å².